The summed E-state index contributed by atoms with van der Waals surface area (Å²) in [6, 6.07) is 15.9. The van der Waals surface area contributed by atoms with E-state index in [0.29, 0.717) is 30.0 Å². The molecule has 1 fully saturated rings. The Balaban J connectivity index is 1.58. The molecule has 0 saturated carbocycles. The third kappa shape index (κ3) is 5.20. The van der Waals surface area contributed by atoms with Gasteiger partial charge in [0.15, 0.2) is 0 Å². The molecule has 1 saturated heterocycles. The van der Waals surface area contributed by atoms with Crippen LogP contribution < -0.4 is 15.5 Å². The van der Waals surface area contributed by atoms with Crippen molar-refractivity contribution in [2.75, 3.05) is 16.8 Å². The molecule has 2 aromatic carbocycles. The Morgan fingerprint density at radius 1 is 1.06 bits per heavy atom. The molecule has 7 heteroatoms. The number of nitrogens with one attached hydrogen (secondary N) is 2. The lowest BCUT2D eigenvalue weighted by atomic mass is 10.1. The van der Waals surface area contributed by atoms with Gasteiger partial charge in [0.05, 0.1) is 6.26 Å². The average Bonchev–Trinajstić information content (AvgIpc) is 3.46. The van der Waals surface area contributed by atoms with Crippen LogP contribution in [0.1, 0.15) is 40.1 Å². The lowest BCUT2D eigenvalue weighted by Gasteiger charge is -2.20. The Labute approximate surface area is 192 Å². The van der Waals surface area contributed by atoms with Gasteiger partial charge in [0.2, 0.25) is 5.91 Å². The van der Waals surface area contributed by atoms with Crippen LogP contribution in [-0.4, -0.2) is 24.3 Å². The van der Waals surface area contributed by atoms with E-state index in [4.69, 9.17) is 4.42 Å². The standard InChI is InChI=1S/C26H25N3O4/c1-17-6-3-7-19(14-17)25(31)28-22(16-21-8-5-13-33-21)26(32)27-20-11-10-18(2)23(15-20)29-12-4-9-24(29)30/h3,5-8,10-11,13-16H,4,9,12H2,1-2H3,(H,27,32)(H,28,31)/b22-16-. The molecule has 1 aromatic heterocycles. The van der Waals surface area contributed by atoms with Gasteiger partial charge in [0, 0.05) is 36.0 Å². The van der Waals surface area contributed by atoms with Crippen LogP contribution in [0.2, 0.25) is 0 Å². The first-order chi connectivity index (χ1) is 15.9. The number of benzene rings is 2. The van der Waals surface area contributed by atoms with Gasteiger partial charge in [-0.05, 0) is 62.2 Å². The number of hydrogen-bond acceptors (Lipinski definition) is 4. The normalized spacial score (nSPS) is 13.8. The fourth-order valence-corrected chi connectivity index (χ4v) is 3.73. The molecule has 33 heavy (non-hydrogen) atoms. The maximum Gasteiger partial charge on any atom is 0.272 e. The lowest BCUT2D eigenvalue weighted by molar-refractivity contribution is -0.117. The Hall–Kier alpha value is -4.13. The molecule has 3 aromatic rings. The van der Waals surface area contributed by atoms with Crippen molar-refractivity contribution in [3.63, 3.8) is 0 Å². The van der Waals surface area contributed by atoms with Crippen molar-refractivity contribution in [1.29, 1.82) is 0 Å². The second-order valence-electron chi connectivity index (χ2n) is 8.00. The summed E-state index contributed by atoms with van der Waals surface area (Å²) in [5.41, 5.74) is 3.66. The number of aryl methyl sites for hydroxylation is 2. The summed E-state index contributed by atoms with van der Waals surface area (Å²) in [6.45, 7) is 4.48. The van der Waals surface area contributed by atoms with Crippen LogP contribution in [0.25, 0.3) is 6.08 Å². The van der Waals surface area contributed by atoms with E-state index in [1.807, 2.05) is 26.0 Å². The van der Waals surface area contributed by atoms with Crippen LogP contribution >= 0.6 is 0 Å². The highest BCUT2D eigenvalue weighted by molar-refractivity contribution is 6.11. The summed E-state index contributed by atoms with van der Waals surface area (Å²) < 4.78 is 5.33. The SMILES string of the molecule is Cc1cccc(C(=O)N/C(=C\c2ccco2)C(=O)Nc2ccc(C)c(N3CCCC3=O)c2)c1. The highest BCUT2D eigenvalue weighted by Gasteiger charge is 2.24. The van der Waals surface area contributed by atoms with E-state index < -0.39 is 11.8 Å². The zero-order valence-electron chi connectivity index (χ0n) is 18.6. The van der Waals surface area contributed by atoms with E-state index >= 15 is 0 Å². The van der Waals surface area contributed by atoms with Gasteiger partial charge in [-0.1, -0.05) is 23.8 Å². The Kier molecular flexibility index (Phi) is 6.40. The fraction of sp³-hybridized carbons (Fsp3) is 0.192. The lowest BCUT2D eigenvalue weighted by Crippen LogP contribution is -2.31. The van der Waals surface area contributed by atoms with E-state index in [-0.39, 0.29) is 11.6 Å². The second-order valence-corrected chi connectivity index (χ2v) is 8.00. The number of amides is 3. The number of carbonyl (C=O) groups excluding carboxylic acids is 3. The minimum absolute atomic E-state index is 0.0378. The predicted molar refractivity (Wildman–Crippen MR) is 127 cm³/mol. The van der Waals surface area contributed by atoms with E-state index in [0.717, 1.165) is 23.2 Å². The van der Waals surface area contributed by atoms with Crippen molar-refractivity contribution >= 4 is 35.2 Å². The Morgan fingerprint density at radius 2 is 1.91 bits per heavy atom. The van der Waals surface area contributed by atoms with Gasteiger partial charge in [0.25, 0.3) is 11.8 Å². The van der Waals surface area contributed by atoms with Gasteiger partial charge in [-0.25, -0.2) is 0 Å². The molecule has 7 nitrogen and oxygen atoms in total. The summed E-state index contributed by atoms with van der Waals surface area (Å²) in [6.07, 6.45) is 4.30. The molecule has 3 amide bonds. The van der Waals surface area contributed by atoms with Crippen molar-refractivity contribution in [2.45, 2.75) is 26.7 Å². The largest absolute Gasteiger partial charge is 0.465 e. The van der Waals surface area contributed by atoms with Crippen molar-refractivity contribution in [3.05, 3.63) is 89.0 Å². The molecule has 168 valence electrons. The number of anilines is 2. The molecule has 0 atom stereocenters. The van der Waals surface area contributed by atoms with Crippen molar-refractivity contribution in [3.8, 4) is 0 Å². The Morgan fingerprint density at radius 3 is 2.61 bits per heavy atom. The van der Waals surface area contributed by atoms with Crippen LogP contribution in [0.15, 0.2) is 71.0 Å². The van der Waals surface area contributed by atoms with Crippen LogP contribution in [0, 0.1) is 13.8 Å². The molecule has 4 rings (SSSR count). The zero-order chi connectivity index (χ0) is 23.4. The molecule has 0 aliphatic carbocycles. The van der Waals surface area contributed by atoms with Crippen LogP contribution in [0.3, 0.4) is 0 Å². The first kappa shape index (κ1) is 22.1. The molecule has 2 heterocycles. The van der Waals surface area contributed by atoms with E-state index in [1.54, 1.807) is 47.4 Å². The highest BCUT2D eigenvalue weighted by atomic mass is 16.3. The smallest absolute Gasteiger partial charge is 0.272 e. The van der Waals surface area contributed by atoms with Gasteiger partial charge in [-0.3, -0.25) is 14.4 Å². The van der Waals surface area contributed by atoms with Crippen LogP contribution in [0.5, 0.6) is 0 Å². The number of nitrogens with zero attached hydrogens (tertiary/aromatic N) is 1. The number of carbonyl (C=O) groups is 3. The molecular weight excluding hydrogens is 418 g/mol. The molecule has 0 spiro atoms. The minimum atomic E-state index is -0.505. The molecule has 0 unspecified atom stereocenters. The molecule has 0 bridgehead atoms. The number of hydrogen-bond donors (Lipinski definition) is 2. The van der Waals surface area contributed by atoms with Crippen LogP contribution in [0.4, 0.5) is 11.4 Å². The number of furan rings is 1. The van der Waals surface area contributed by atoms with Crippen molar-refractivity contribution in [2.24, 2.45) is 0 Å². The number of rotatable bonds is 6. The van der Waals surface area contributed by atoms with Crippen molar-refractivity contribution < 1.29 is 18.8 Å². The second kappa shape index (κ2) is 9.56. The topological polar surface area (TPSA) is 91.7 Å². The summed E-state index contributed by atoms with van der Waals surface area (Å²) >= 11 is 0. The van der Waals surface area contributed by atoms with Gasteiger partial charge in [-0.15, -0.1) is 0 Å². The molecule has 2 N–H and O–H groups in total. The summed E-state index contributed by atoms with van der Waals surface area (Å²) in [4.78, 5) is 39.9. The van der Waals surface area contributed by atoms with E-state index in [1.165, 1.54) is 12.3 Å². The average molecular weight is 444 g/mol. The van der Waals surface area contributed by atoms with E-state index in [2.05, 4.69) is 10.6 Å². The summed E-state index contributed by atoms with van der Waals surface area (Å²) in [5.74, 6) is -0.406. The van der Waals surface area contributed by atoms with E-state index in [9.17, 15) is 14.4 Å². The molecule has 1 aliphatic heterocycles. The van der Waals surface area contributed by atoms with Gasteiger partial charge >= 0.3 is 0 Å². The van der Waals surface area contributed by atoms with Gasteiger partial charge < -0.3 is 20.0 Å². The highest BCUT2D eigenvalue weighted by Crippen LogP contribution is 2.28. The maximum absolute atomic E-state index is 13.1. The van der Waals surface area contributed by atoms with Gasteiger partial charge in [0.1, 0.15) is 11.5 Å². The first-order valence-corrected chi connectivity index (χ1v) is 10.8. The monoisotopic (exact) mass is 443 g/mol. The zero-order valence-corrected chi connectivity index (χ0v) is 18.6. The third-order valence-electron chi connectivity index (χ3n) is 5.43. The minimum Gasteiger partial charge on any atom is -0.465 e. The third-order valence-corrected chi connectivity index (χ3v) is 5.43. The predicted octanol–water partition coefficient (Wildman–Crippen LogP) is 4.43. The first-order valence-electron chi connectivity index (χ1n) is 10.8. The van der Waals surface area contributed by atoms with Crippen molar-refractivity contribution in [1.82, 2.24) is 5.32 Å². The molecule has 1 aliphatic rings. The maximum atomic E-state index is 13.1. The van der Waals surface area contributed by atoms with Gasteiger partial charge in [-0.2, -0.15) is 0 Å². The van der Waals surface area contributed by atoms with Crippen LogP contribution in [-0.2, 0) is 9.59 Å². The molecule has 0 radical (unpaired) electrons. The quantitative estimate of drug-likeness (QED) is 0.551. The fourth-order valence-electron chi connectivity index (χ4n) is 3.73. The Bertz CT molecular complexity index is 1230. The summed E-state index contributed by atoms with van der Waals surface area (Å²) in [7, 11) is 0. The summed E-state index contributed by atoms with van der Waals surface area (Å²) in [5, 5.41) is 5.52. The molecular formula is C26H25N3O4.